The van der Waals surface area contributed by atoms with Gasteiger partial charge < -0.3 is 35.0 Å². The van der Waals surface area contributed by atoms with E-state index in [1.165, 1.54) is 19.3 Å². The number of nitrogens with one attached hydrogen (secondary N) is 1. The second kappa shape index (κ2) is 11.3. The summed E-state index contributed by atoms with van der Waals surface area (Å²) < 4.78 is 51.7. The number of nitrogens with zero attached hydrogens (tertiary/aromatic N) is 1. The summed E-state index contributed by atoms with van der Waals surface area (Å²) in [5.41, 5.74) is 0.787. The first kappa shape index (κ1) is 27.5. The summed E-state index contributed by atoms with van der Waals surface area (Å²) in [5, 5.41) is 32.5. The third kappa shape index (κ3) is 5.66. The van der Waals surface area contributed by atoms with Crippen LogP contribution in [0.1, 0.15) is 29.9 Å². The summed E-state index contributed by atoms with van der Waals surface area (Å²) >= 11 is 0. The zero-order valence-corrected chi connectivity index (χ0v) is 19.6. The molecule has 4 atom stereocenters. The lowest BCUT2D eigenvalue weighted by Crippen LogP contribution is -2.57. The van der Waals surface area contributed by atoms with E-state index in [-0.39, 0.29) is 49.7 Å². The van der Waals surface area contributed by atoms with Gasteiger partial charge >= 0.3 is 6.18 Å². The van der Waals surface area contributed by atoms with Crippen LogP contribution in [0.4, 0.5) is 13.2 Å². The number of benzene rings is 1. The second-order valence-corrected chi connectivity index (χ2v) is 8.48. The Morgan fingerprint density at radius 1 is 1.31 bits per heavy atom. The molecule has 1 heterocycles. The number of carbonyl (C=O) groups excluding carboxylic acids is 2. The monoisotopic (exact) mass is 514 g/mol. The maximum Gasteiger partial charge on any atom is 0.406 e. The van der Waals surface area contributed by atoms with Gasteiger partial charge in [0.05, 0.1) is 32.3 Å². The van der Waals surface area contributed by atoms with E-state index in [0.29, 0.717) is 16.0 Å². The molecule has 0 aromatic heterocycles. The zero-order valence-electron chi connectivity index (χ0n) is 19.6. The molecule has 1 aromatic rings. The number of allylic oxidation sites excluding steroid dienone is 1. The van der Waals surface area contributed by atoms with Gasteiger partial charge in [0.1, 0.15) is 18.8 Å². The Morgan fingerprint density at radius 3 is 2.61 bits per heavy atom. The summed E-state index contributed by atoms with van der Waals surface area (Å²) in [6.07, 6.45) is -5.24. The first-order valence-electron chi connectivity index (χ1n) is 11.3. The lowest BCUT2D eigenvalue weighted by molar-refractivity contribution is -0.170. The predicted octanol–water partition coefficient (Wildman–Crippen LogP) is 1.17. The first-order chi connectivity index (χ1) is 17.1. The van der Waals surface area contributed by atoms with E-state index in [1.807, 2.05) is 0 Å². The van der Waals surface area contributed by atoms with E-state index in [2.05, 4.69) is 11.9 Å². The van der Waals surface area contributed by atoms with Crippen LogP contribution in [0.25, 0.3) is 0 Å². The number of methoxy groups -OCH3 is 1. The Labute approximate surface area is 205 Å². The summed E-state index contributed by atoms with van der Waals surface area (Å²) in [4.78, 5) is 26.3. The van der Waals surface area contributed by atoms with Crippen LogP contribution in [0.15, 0.2) is 36.4 Å². The van der Waals surface area contributed by atoms with Gasteiger partial charge in [0, 0.05) is 24.1 Å². The van der Waals surface area contributed by atoms with Crippen LogP contribution in [0.2, 0.25) is 0 Å². The fourth-order valence-electron chi connectivity index (χ4n) is 4.54. The van der Waals surface area contributed by atoms with Crippen LogP contribution in [0.3, 0.4) is 0 Å². The summed E-state index contributed by atoms with van der Waals surface area (Å²) in [6.45, 7) is 0.966. The molecule has 0 radical (unpaired) electrons. The topological polar surface area (TPSA) is 129 Å². The molecule has 198 valence electrons. The van der Waals surface area contributed by atoms with Crippen LogP contribution in [0.5, 0.6) is 11.5 Å². The largest absolute Gasteiger partial charge is 0.493 e. The van der Waals surface area contributed by atoms with E-state index >= 15 is 0 Å². The van der Waals surface area contributed by atoms with Crippen molar-refractivity contribution in [2.75, 3.05) is 26.8 Å². The second-order valence-electron chi connectivity index (χ2n) is 8.48. The van der Waals surface area contributed by atoms with Crippen molar-refractivity contribution >= 4 is 11.8 Å². The van der Waals surface area contributed by atoms with Gasteiger partial charge in [0.2, 0.25) is 11.8 Å². The molecule has 0 fully saturated rings. The van der Waals surface area contributed by atoms with E-state index in [4.69, 9.17) is 14.6 Å². The summed E-state index contributed by atoms with van der Waals surface area (Å²) in [6, 6.07) is 1.54. The number of carbonyl (C=O) groups is 2. The highest BCUT2D eigenvalue weighted by molar-refractivity contribution is 5.96. The number of halogens is 3. The number of rotatable bonds is 10. The fraction of sp³-hybridized carbons (Fsp3) is 0.500. The number of aliphatic hydroxyl groups excluding tert-OH is 3. The van der Waals surface area contributed by atoms with Crippen LogP contribution in [-0.4, -0.2) is 83.3 Å². The van der Waals surface area contributed by atoms with Crippen molar-refractivity contribution in [3.8, 4) is 11.5 Å². The quantitative estimate of drug-likeness (QED) is 0.345. The predicted molar refractivity (Wildman–Crippen MR) is 121 cm³/mol. The number of hydrogen-bond acceptors (Lipinski definition) is 7. The van der Waals surface area contributed by atoms with Crippen molar-refractivity contribution in [2.24, 2.45) is 0 Å². The molecular weight excluding hydrogens is 485 g/mol. The normalized spacial score (nSPS) is 22.6. The SMILES string of the molecule is C=CCCC(=O)N(CC(F)(F)F)[C@@H]1C=C(C(=O)NCCO)[C@@H]2c3cc(CO)cc(OC)c3O[C@@H]2[C@H]1O. The molecule has 36 heavy (non-hydrogen) atoms. The average Bonchev–Trinajstić information content (AvgIpc) is 3.23. The van der Waals surface area contributed by atoms with E-state index < -0.39 is 48.7 Å². The van der Waals surface area contributed by atoms with Gasteiger partial charge in [-0.15, -0.1) is 6.58 Å². The molecule has 2 aliphatic rings. The van der Waals surface area contributed by atoms with Crippen LogP contribution in [-0.2, 0) is 16.2 Å². The van der Waals surface area contributed by atoms with Crippen molar-refractivity contribution in [3.05, 3.63) is 47.6 Å². The number of aliphatic hydroxyl groups is 3. The Hall–Kier alpha value is -3.09. The molecule has 0 spiro atoms. The molecule has 0 unspecified atom stereocenters. The standard InChI is InChI=1S/C24H29F3N2O7/c1-3-4-5-18(32)29(12-24(25,26)27)16-10-15(23(34)28-6-7-30)19-14-8-13(11-31)9-17(35-2)21(14)36-22(19)20(16)33/h3,8-10,16,19-20,22,30-31,33H,1,4-7,11-12H2,2H3,(H,28,34)/t16-,19+,20+,22+/m1/s1. The Bertz CT molecular complexity index is 1030. The van der Waals surface area contributed by atoms with Gasteiger partial charge in [-0.2, -0.15) is 13.2 Å². The smallest absolute Gasteiger partial charge is 0.406 e. The van der Waals surface area contributed by atoms with E-state index in [1.54, 1.807) is 6.07 Å². The third-order valence-corrected chi connectivity index (χ3v) is 6.09. The average molecular weight is 514 g/mol. The maximum absolute atomic E-state index is 13.5. The van der Waals surface area contributed by atoms with Crippen molar-refractivity contribution in [1.29, 1.82) is 0 Å². The molecule has 1 aromatic carbocycles. The molecule has 0 bridgehead atoms. The van der Waals surface area contributed by atoms with E-state index in [0.717, 1.165) is 6.08 Å². The highest BCUT2D eigenvalue weighted by atomic mass is 19.4. The minimum absolute atomic E-state index is 0.0386. The Kier molecular flexibility index (Phi) is 8.64. The number of amides is 2. The first-order valence-corrected chi connectivity index (χ1v) is 11.3. The van der Waals surface area contributed by atoms with Crippen molar-refractivity contribution in [2.45, 2.75) is 49.8 Å². The number of ether oxygens (including phenoxy) is 2. The highest BCUT2D eigenvalue weighted by Crippen LogP contribution is 2.51. The zero-order chi connectivity index (χ0) is 26.6. The molecule has 4 N–H and O–H groups in total. The lowest BCUT2D eigenvalue weighted by atomic mass is 9.77. The minimum atomic E-state index is -4.77. The van der Waals surface area contributed by atoms with Gasteiger partial charge in [-0.1, -0.05) is 6.08 Å². The van der Waals surface area contributed by atoms with E-state index in [9.17, 15) is 33.0 Å². The van der Waals surface area contributed by atoms with Gasteiger partial charge in [-0.3, -0.25) is 9.59 Å². The molecule has 1 aliphatic heterocycles. The lowest BCUT2D eigenvalue weighted by Gasteiger charge is -2.41. The summed E-state index contributed by atoms with van der Waals surface area (Å²) in [5.74, 6) is -2.13. The molecule has 2 amide bonds. The number of alkyl halides is 3. The maximum atomic E-state index is 13.5. The number of hydrogen-bond donors (Lipinski definition) is 4. The molecule has 9 nitrogen and oxygen atoms in total. The van der Waals surface area contributed by atoms with Gasteiger partial charge in [0.25, 0.3) is 0 Å². The molecular formula is C24H29F3N2O7. The van der Waals surface area contributed by atoms with Crippen molar-refractivity contribution < 1.29 is 47.6 Å². The molecule has 12 heteroatoms. The van der Waals surface area contributed by atoms with Gasteiger partial charge in [-0.05, 0) is 30.2 Å². The van der Waals surface area contributed by atoms with Crippen molar-refractivity contribution in [1.82, 2.24) is 10.2 Å². The Balaban J connectivity index is 2.13. The number of fused-ring (bicyclic) bond motifs is 3. The molecule has 1 aliphatic carbocycles. The van der Waals surface area contributed by atoms with Gasteiger partial charge in [0.15, 0.2) is 11.5 Å². The van der Waals surface area contributed by atoms with Crippen LogP contribution in [0, 0.1) is 0 Å². The van der Waals surface area contributed by atoms with Crippen LogP contribution < -0.4 is 14.8 Å². The molecule has 3 rings (SSSR count). The summed E-state index contributed by atoms with van der Waals surface area (Å²) in [7, 11) is 1.36. The minimum Gasteiger partial charge on any atom is -0.493 e. The van der Waals surface area contributed by atoms with Gasteiger partial charge in [-0.25, -0.2) is 0 Å². The Morgan fingerprint density at radius 2 is 2.03 bits per heavy atom. The van der Waals surface area contributed by atoms with Crippen molar-refractivity contribution in [3.63, 3.8) is 0 Å². The van der Waals surface area contributed by atoms with Crippen LogP contribution >= 0.6 is 0 Å². The highest BCUT2D eigenvalue weighted by Gasteiger charge is 2.52. The molecule has 0 saturated heterocycles. The fourth-order valence-corrected chi connectivity index (χ4v) is 4.54. The third-order valence-electron chi connectivity index (χ3n) is 6.09. The molecule has 0 saturated carbocycles.